The second-order valence-electron chi connectivity index (χ2n) is 5.72. The highest BCUT2D eigenvalue weighted by Crippen LogP contribution is 2.15. The van der Waals surface area contributed by atoms with E-state index in [1.807, 2.05) is 32.0 Å². The van der Waals surface area contributed by atoms with Crippen LogP contribution in [0.2, 0.25) is 0 Å². The lowest BCUT2D eigenvalue weighted by atomic mass is 10.2. The highest BCUT2D eigenvalue weighted by molar-refractivity contribution is 5.95. The summed E-state index contributed by atoms with van der Waals surface area (Å²) in [7, 11) is 0. The zero-order chi connectivity index (χ0) is 17.4. The Morgan fingerprint density at radius 3 is 2.50 bits per heavy atom. The van der Waals surface area contributed by atoms with Crippen molar-refractivity contribution >= 4 is 17.6 Å². The van der Waals surface area contributed by atoms with Crippen molar-refractivity contribution in [3.8, 4) is 5.75 Å². The third-order valence-electron chi connectivity index (χ3n) is 3.04. The summed E-state index contributed by atoms with van der Waals surface area (Å²) in [5.41, 5.74) is 1.01. The first-order chi connectivity index (χ1) is 11.5. The van der Waals surface area contributed by atoms with Crippen molar-refractivity contribution in [1.29, 1.82) is 0 Å². The molecule has 0 saturated heterocycles. The number of amides is 1. The van der Waals surface area contributed by atoms with Crippen molar-refractivity contribution in [3.05, 3.63) is 60.2 Å². The number of carbonyl (C=O) groups excluding carboxylic acids is 2. The van der Waals surface area contributed by atoms with Gasteiger partial charge in [-0.15, -0.1) is 0 Å². The third kappa shape index (κ3) is 5.76. The summed E-state index contributed by atoms with van der Waals surface area (Å²) in [5.74, 6) is 0.0455. The summed E-state index contributed by atoms with van der Waals surface area (Å²) in [5, 5.41) is 2.65. The predicted octanol–water partition coefficient (Wildman–Crippen LogP) is 3.52. The SMILES string of the molecule is CC(C)COc1cccc(C(=O)OCC(=O)Nc2ccccc2)c1. The fourth-order valence-corrected chi connectivity index (χ4v) is 1.91. The summed E-state index contributed by atoms with van der Waals surface area (Å²) in [6, 6.07) is 15.7. The number of hydrogen-bond acceptors (Lipinski definition) is 4. The number of esters is 1. The molecule has 0 aliphatic carbocycles. The maximum Gasteiger partial charge on any atom is 0.338 e. The van der Waals surface area contributed by atoms with E-state index in [1.54, 1.807) is 36.4 Å². The van der Waals surface area contributed by atoms with E-state index in [0.717, 1.165) is 0 Å². The van der Waals surface area contributed by atoms with Crippen LogP contribution in [-0.4, -0.2) is 25.1 Å². The van der Waals surface area contributed by atoms with E-state index >= 15 is 0 Å². The Kier molecular flexibility index (Phi) is 6.37. The average molecular weight is 327 g/mol. The van der Waals surface area contributed by atoms with E-state index in [1.165, 1.54) is 0 Å². The first-order valence-corrected chi connectivity index (χ1v) is 7.79. The average Bonchev–Trinajstić information content (AvgIpc) is 2.59. The molecule has 5 nitrogen and oxygen atoms in total. The molecule has 0 radical (unpaired) electrons. The molecule has 24 heavy (non-hydrogen) atoms. The highest BCUT2D eigenvalue weighted by Gasteiger charge is 2.11. The van der Waals surface area contributed by atoms with Gasteiger partial charge in [0.25, 0.3) is 5.91 Å². The zero-order valence-corrected chi connectivity index (χ0v) is 13.8. The van der Waals surface area contributed by atoms with Crippen molar-refractivity contribution in [2.75, 3.05) is 18.5 Å². The van der Waals surface area contributed by atoms with Crippen LogP contribution in [0.25, 0.3) is 0 Å². The number of rotatable bonds is 7. The first kappa shape index (κ1) is 17.5. The molecule has 0 atom stereocenters. The lowest BCUT2D eigenvalue weighted by Gasteiger charge is -2.10. The minimum Gasteiger partial charge on any atom is -0.493 e. The van der Waals surface area contributed by atoms with Gasteiger partial charge in [-0.2, -0.15) is 0 Å². The molecule has 2 rings (SSSR count). The minimum absolute atomic E-state index is 0.342. The van der Waals surface area contributed by atoms with Crippen LogP contribution in [0, 0.1) is 5.92 Å². The standard InChI is InChI=1S/C19H21NO4/c1-14(2)12-23-17-10-6-7-15(11-17)19(22)24-13-18(21)20-16-8-4-3-5-9-16/h3-11,14H,12-13H2,1-2H3,(H,20,21). The van der Waals surface area contributed by atoms with Crippen molar-refractivity contribution in [2.24, 2.45) is 5.92 Å². The van der Waals surface area contributed by atoms with Gasteiger partial charge in [-0.3, -0.25) is 4.79 Å². The Morgan fingerprint density at radius 2 is 1.79 bits per heavy atom. The zero-order valence-electron chi connectivity index (χ0n) is 13.8. The van der Waals surface area contributed by atoms with Gasteiger partial charge in [-0.05, 0) is 36.2 Å². The lowest BCUT2D eigenvalue weighted by Crippen LogP contribution is -2.20. The molecular formula is C19H21NO4. The van der Waals surface area contributed by atoms with Crippen molar-refractivity contribution in [3.63, 3.8) is 0 Å². The number of anilines is 1. The molecule has 0 spiro atoms. The lowest BCUT2D eigenvalue weighted by molar-refractivity contribution is -0.119. The Bertz CT molecular complexity index is 683. The van der Waals surface area contributed by atoms with E-state index in [9.17, 15) is 9.59 Å². The van der Waals surface area contributed by atoms with Gasteiger partial charge in [0.15, 0.2) is 6.61 Å². The van der Waals surface area contributed by atoms with Gasteiger partial charge in [0.2, 0.25) is 0 Å². The molecule has 5 heteroatoms. The minimum atomic E-state index is -0.562. The monoisotopic (exact) mass is 327 g/mol. The molecule has 0 aliphatic rings. The number of ether oxygens (including phenoxy) is 2. The van der Waals surface area contributed by atoms with Crippen LogP contribution in [-0.2, 0) is 9.53 Å². The van der Waals surface area contributed by atoms with Crippen LogP contribution in [0.4, 0.5) is 5.69 Å². The highest BCUT2D eigenvalue weighted by atomic mass is 16.5. The molecule has 1 N–H and O–H groups in total. The number of benzene rings is 2. The van der Waals surface area contributed by atoms with Crippen LogP contribution < -0.4 is 10.1 Å². The topological polar surface area (TPSA) is 64.6 Å². The second-order valence-corrected chi connectivity index (χ2v) is 5.72. The maximum atomic E-state index is 12.0. The number of carbonyl (C=O) groups is 2. The van der Waals surface area contributed by atoms with Crippen molar-refractivity contribution in [1.82, 2.24) is 0 Å². The van der Waals surface area contributed by atoms with Crippen molar-refractivity contribution < 1.29 is 19.1 Å². The van der Waals surface area contributed by atoms with Gasteiger partial charge in [0, 0.05) is 5.69 Å². The molecule has 0 fully saturated rings. The Balaban J connectivity index is 1.85. The Labute approximate surface area is 141 Å². The number of hydrogen-bond donors (Lipinski definition) is 1. The molecule has 0 saturated carbocycles. The molecule has 0 aliphatic heterocycles. The molecule has 0 bridgehead atoms. The quantitative estimate of drug-likeness (QED) is 0.790. The molecule has 2 aromatic carbocycles. The summed E-state index contributed by atoms with van der Waals surface area (Å²) >= 11 is 0. The fraction of sp³-hybridized carbons (Fsp3) is 0.263. The van der Waals surface area contributed by atoms with E-state index in [4.69, 9.17) is 9.47 Å². The van der Waals surface area contributed by atoms with E-state index < -0.39 is 5.97 Å². The van der Waals surface area contributed by atoms with Gasteiger partial charge in [-0.25, -0.2) is 4.79 Å². The van der Waals surface area contributed by atoms with Crippen LogP contribution >= 0.6 is 0 Å². The van der Waals surface area contributed by atoms with Crippen LogP contribution in [0.1, 0.15) is 24.2 Å². The van der Waals surface area contributed by atoms with Gasteiger partial charge < -0.3 is 14.8 Å². The molecular weight excluding hydrogens is 306 g/mol. The first-order valence-electron chi connectivity index (χ1n) is 7.79. The molecule has 0 aromatic heterocycles. The molecule has 2 aromatic rings. The van der Waals surface area contributed by atoms with Gasteiger partial charge in [-0.1, -0.05) is 38.1 Å². The molecule has 0 heterocycles. The Hall–Kier alpha value is -2.82. The van der Waals surface area contributed by atoms with Gasteiger partial charge in [0.05, 0.1) is 12.2 Å². The third-order valence-corrected chi connectivity index (χ3v) is 3.04. The fourth-order valence-electron chi connectivity index (χ4n) is 1.91. The molecule has 0 unspecified atom stereocenters. The van der Waals surface area contributed by atoms with E-state index in [0.29, 0.717) is 29.5 Å². The summed E-state index contributed by atoms with van der Waals surface area (Å²) in [4.78, 5) is 23.8. The Morgan fingerprint density at radius 1 is 1.04 bits per heavy atom. The smallest absolute Gasteiger partial charge is 0.338 e. The summed E-state index contributed by atoms with van der Waals surface area (Å²) in [6.07, 6.45) is 0. The van der Waals surface area contributed by atoms with Gasteiger partial charge >= 0.3 is 5.97 Å². The van der Waals surface area contributed by atoms with Crippen LogP contribution in [0.3, 0.4) is 0 Å². The predicted molar refractivity (Wildman–Crippen MR) is 92.1 cm³/mol. The molecule has 126 valence electrons. The number of nitrogens with one attached hydrogen (secondary N) is 1. The van der Waals surface area contributed by atoms with Gasteiger partial charge in [0.1, 0.15) is 5.75 Å². The molecule has 1 amide bonds. The number of para-hydroxylation sites is 1. The maximum absolute atomic E-state index is 12.0. The van der Waals surface area contributed by atoms with Crippen molar-refractivity contribution in [2.45, 2.75) is 13.8 Å². The van der Waals surface area contributed by atoms with Crippen LogP contribution in [0.5, 0.6) is 5.75 Å². The second kappa shape index (κ2) is 8.72. The van der Waals surface area contributed by atoms with Crippen LogP contribution in [0.15, 0.2) is 54.6 Å². The normalized spacial score (nSPS) is 10.3. The summed E-state index contributed by atoms with van der Waals surface area (Å²) < 4.78 is 10.6. The van der Waals surface area contributed by atoms with E-state index in [-0.39, 0.29) is 12.5 Å². The summed E-state index contributed by atoms with van der Waals surface area (Å²) in [6.45, 7) is 4.32. The van der Waals surface area contributed by atoms with E-state index in [2.05, 4.69) is 5.32 Å². The largest absolute Gasteiger partial charge is 0.493 e.